The van der Waals surface area contributed by atoms with E-state index in [4.69, 9.17) is 19.4 Å². The number of esters is 2. The molecule has 1 heterocycles. The van der Waals surface area contributed by atoms with Crippen molar-refractivity contribution in [2.45, 2.75) is 95.3 Å². The maximum atomic E-state index is 13.5. The van der Waals surface area contributed by atoms with Gasteiger partial charge in [-0.15, -0.1) is 0 Å². The summed E-state index contributed by atoms with van der Waals surface area (Å²) in [5.41, 5.74) is -3.74. The van der Waals surface area contributed by atoms with Gasteiger partial charge in [0.1, 0.15) is 23.9 Å². The van der Waals surface area contributed by atoms with E-state index in [-0.39, 0.29) is 30.9 Å². The van der Waals surface area contributed by atoms with Gasteiger partial charge in [-0.25, -0.2) is 14.4 Å². The number of rotatable bonds is 5. The fourth-order valence-corrected chi connectivity index (χ4v) is 11.2. The highest BCUT2D eigenvalue weighted by Crippen LogP contribution is 2.84. The number of aliphatic hydroxyl groups excluding tert-OH is 4. The zero-order valence-electron chi connectivity index (χ0n) is 27.4. The van der Waals surface area contributed by atoms with Crippen molar-refractivity contribution in [3.63, 3.8) is 0 Å². The van der Waals surface area contributed by atoms with Gasteiger partial charge in [-0.1, -0.05) is 25.2 Å². The quantitative estimate of drug-likeness (QED) is 0.137. The van der Waals surface area contributed by atoms with Crippen LogP contribution in [0.1, 0.15) is 47.0 Å². The first-order valence-electron chi connectivity index (χ1n) is 15.9. The Bertz CT molecular complexity index is 1460. The van der Waals surface area contributed by atoms with Crippen molar-refractivity contribution in [1.82, 2.24) is 4.90 Å². The fraction of sp³-hybridized carbons (Fsp3) is 0.727. The average Bonchev–Trinajstić information content (AvgIpc) is 3.30. The SMILES string of the molecule is C=C1C[C@@]23[C@H]4[C@H](OC(=O)/C(C)=C/CO)[C@H](OC(=O)/C(C)=C/C)[C@@H]1[C@@H]2C1N(C)C[C@]2(C)C[C@H](O)C[C@@]14[C@]2(O)[C@@H](O)[C@@H]3O.O=C(O)C(F)(F)F. The molecular weight excluding hydrogens is 643 g/mol. The standard InChI is InChI=1S/C31H43NO9.C2HF3O2/c1-7-14(2)26(37)40-20-18-16(4)10-29-19(18)23-30(22(29)21(20)41-27(38)15(3)8-9-33)12-17(34)11-28(5,13-32(23)6)31(30,39)25(36)24(29)35;3-2(4,5)1(6)7/h7-8,17-25,33-36,39H,4,9-13H2,1-3,5-6H3;(H,6,7)/b14-7+,15-8+;/t17-,18-,19+,20+,21+,22+,23?,24-,25-,28-,29-,30-,31-;/m0./s1. The van der Waals surface area contributed by atoms with E-state index in [2.05, 4.69) is 11.5 Å². The minimum absolute atomic E-state index is 0.133. The van der Waals surface area contributed by atoms with Gasteiger partial charge in [-0.2, -0.15) is 13.2 Å². The molecule has 0 aromatic carbocycles. The lowest BCUT2D eigenvalue weighted by molar-refractivity contribution is -0.361. The maximum Gasteiger partial charge on any atom is 0.490 e. The highest BCUT2D eigenvalue weighted by molar-refractivity contribution is 5.89. The average molecular weight is 688 g/mol. The van der Waals surface area contributed by atoms with Crippen molar-refractivity contribution in [2.75, 3.05) is 20.2 Å². The molecule has 1 aliphatic heterocycles. The highest BCUT2D eigenvalue weighted by atomic mass is 19.4. The number of halogens is 3. The second-order valence-corrected chi connectivity index (χ2v) is 14.7. The summed E-state index contributed by atoms with van der Waals surface area (Å²) in [6.45, 7) is 11.1. The van der Waals surface area contributed by atoms with Crippen molar-refractivity contribution >= 4 is 17.9 Å². The molecule has 5 aliphatic carbocycles. The van der Waals surface area contributed by atoms with Gasteiger partial charge in [-0.3, -0.25) is 0 Å². The number of alkyl halides is 3. The summed E-state index contributed by atoms with van der Waals surface area (Å²) in [6, 6.07) is -0.418. The van der Waals surface area contributed by atoms with Crippen LogP contribution in [-0.2, 0) is 23.9 Å². The summed E-state index contributed by atoms with van der Waals surface area (Å²) in [4.78, 5) is 37.8. The molecule has 2 spiro atoms. The minimum Gasteiger partial charge on any atom is -0.475 e. The van der Waals surface area contributed by atoms with Gasteiger partial charge >= 0.3 is 24.1 Å². The van der Waals surface area contributed by atoms with E-state index in [0.717, 1.165) is 5.57 Å². The number of carbonyl (C=O) groups excluding carboxylic acids is 2. The lowest BCUT2D eigenvalue weighted by Gasteiger charge is -2.73. The van der Waals surface area contributed by atoms with Gasteiger partial charge in [-0.05, 0) is 59.1 Å². The summed E-state index contributed by atoms with van der Waals surface area (Å²) >= 11 is 0. The number of aliphatic carboxylic acids is 1. The number of aliphatic hydroxyl groups is 5. The largest absolute Gasteiger partial charge is 0.490 e. The molecule has 15 heteroatoms. The summed E-state index contributed by atoms with van der Waals surface area (Å²) < 4.78 is 44.2. The van der Waals surface area contributed by atoms with Gasteiger partial charge in [0.25, 0.3) is 0 Å². The van der Waals surface area contributed by atoms with E-state index < -0.39 is 94.3 Å². The molecule has 0 radical (unpaired) electrons. The Morgan fingerprint density at radius 1 is 1.04 bits per heavy atom. The maximum absolute atomic E-state index is 13.5. The number of allylic oxidation sites excluding steroid dienone is 1. The minimum atomic E-state index is -5.08. The molecule has 1 unspecified atom stereocenters. The Morgan fingerprint density at radius 2 is 1.60 bits per heavy atom. The van der Waals surface area contributed by atoms with E-state index in [0.29, 0.717) is 18.5 Å². The molecule has 6 N–H and O–H groups in total. The van der Waals surface area contributed by atoms with Gasteiger partial charge in [0.05, 0.1) is 18.8 Å². The third kappa shape index (κ3) is 4.53. The van der Waals surface area contributed by atoms with Gasteiger partial charge in [0.2, 0.25) is 0 Å². The van der Waals surface area contributed by atoms with E-state index >= 15 is 0 Å². The molecule has 6 fully saturated rings. The molecule has 6 bridgehead atoms. The molecule has 0 aromatic rings. The molecule has 0 amide bonds. The van der Waals surface area contributed by atoms with Gasteiger partial charge in [0, 0.05) is 51.8 Å². The molecule has 48 heavy (non-hydrogen) atoms. The van der Waals surface area contributed by atoms with Crippen LogP contribution in [-0.4, -0.2) is 122 Å². The molecule has 6 aliphatic rings. The predicted octanol–water partition coefficient (Wildman–Crippen LogP) is 1.10. The normalized spacial score (nSPS) is 46.0. The van der Waals surface area contributed by atoms with Crippen molar-refractivity contribution in [3.05, 3.63) is 35.5 Å². The lowest BCUT2D eigenvalue weighted by atomic mass is 9.38. The first kappa shape index (κ1) is 36.5. The first-order valence-corrected chi connectivity index (χ1v) is 15.9. The van der Waals surface area contributed by atoms with Crippen molar-refractivity contribution in [3.8, 4) is 0 Å². The molecule has 0 aromatic heterocycles. The monoisotopic (exact) mass is 687 g/mol. The van der Waals surface area contributed by atoms with Crippen molar-refractivity contribution < 1.29 is 67.7 Å². The zero-order chi connectivity index (χ0) is 36.1. The van der Waals surface area contributed by atoms with E-state index in [1.165, 1.54) is 13.0 Å². The van der Waals surface area contributed by atoms with Crippen LogP contribution in [0.3, 0.4) is 0 Å². The number of carboxylic acid groups (broad SMARTS) is 1. The zero-order valence-corrected chi connectivity index (χ0v) is 27.4. The summed E-state index contributed by atoms with van der Waals surface area (Å²) in [5, 5.41) is 64.8. The van der Waals surface area contributed by atoms with Gasteiger partial charge < -0.3 is 45.0 Å². The summed E-state index contributed by atoms with van der Waals surface area (Å²) in [7, 11) is 1.97. The molecule has 268 valence electrons. The highest BCUT2D eigenvalue weighted by Gasteiger charge is 2.93. The third-order valence-electron chi connectivity index (χ3n) is 12.5. The fourth-order valence-electron chi connectivity index (χ4n) is 11.2. The smallest absolute Gasteiger partial charge is 0.475 e. The van der Waals surface area contributed by atoms with Crippen LogP contribution in [0, 0.1) is 34.0 Å². The van der Waals surface area contributed by atoms with Crippen LogP contribution in [0.5, 0.6) is 0 Å². The third-order valence-corrected chi connectivity index (χ3v) is 12.5. The molecular formula is C33H44F3NO11. The Labute approximate surface area is 275 Å². The topological polar surface area (TPSA) is 194 Å². The number of hydrogen-bond donors (Lipinski definition) is 6. The predicted molar refractivity (Wildman–Crippen MR) is 160 cm³/mol. The Kier molecular flexibility index (Phi) is 8.83. The number of hydrogen-bond acceptors (Lipinski definition) is 11. The van der Waals surface area contributed by atoms with Crippen LogP contribution in [0.25, 0.3) is 0 Å². The lowest BCUT2D eigenvalue weighted by Crippen LogP contribution is -2.84. The Hall–Kier alpha value is -2.82. The number of carbonyl (C=O) groups is 3. The van der Waals surface area contributed by atoms with E-state index in [1.54, 1.807) is 19.9 Å². The summed E-state index contributed by atoms with van der Waals surface area (Å²) in [6.07, 6.45) is -7.19. The van der Waals surface area contributed by atoms with Crippen LogP contribution >= 0.6 is 0 Å². The molecule has 5 saturated carbocycles. The van der Waals surface area contributed by atoms with Gasteiger partial charge in [0.15, 0.2) is 0 Å². The Morgan fingerprint density at radius 3 is 2.15 bits per heavy atom. The first-order chi connectivity index (χ1) is 22.1. The number of likely N-dealkylation sites (tertiary alicyclic amines) is 1. The number of ether oxygens (including phenoxy) is 2. The molecule has 6 rings (SSSR count). The second kappa shape index (κ2) is 11.6. The molecule has 13 atom stereocenters. The van der Waals surface area contributed by atoms with Crippen LogP contribution < -0.4 is 0 Å². The molecule has 12 nitrogen and oxygen atoms in total. The van der Waals surface area contributed by atoms with Crippen molar-refractivity contribution in [1.29, 1.82) is 0 Å². The van der Waals surface area contributed by atoms with Crippen LogP contribution in [0.4, 0.5) is 13.2 Å². The number of nitrogens with zero attached hydrogens (tertiary/aromatic N) is 1. The molecule has 1 saturated heterocycles. The summed E-state index contributed by atoms with van der Waals surface area (Å²) in [5.74, 6) is -5.72. The number of carboxylic acids is 1. The van der Waals surface area contributed by atoms with E-state index in [9.17, 15) is 48.3 Å². The van der Waals surface area contributed by atoms with Crippen molar-refractivity contribution in [2.24, 2.45) is 34.0 Å². The van der Waals surface area contributed by atoms with Crippen LogP contribution in [0.2, 0.25) is 0 Å². The number of piperidine rings is 1. The second-order valence-electron chi connectivity index (χ2n) is 14.7. The van der Waals surface area contributed by atoms with Crippen LogP contribution in [0.15, 0.2) is 35.5 Å². The Balaban J connectivity index is 0.000000582. The van der Waals surface area contributed by atoms with E-state index in [1.807, 2.05) is 14.0 Å².